The van der Waals surface area contributed by atoms with Gasteiger partial charge in [0.2, 0.25) is 0 Å². The van der Waals surface area contributed by atoms with Crippen LogP contribution >= 0.6 is 0 Å². The Kier molecular flexibility index (Phi) is 9.07. The zero-order valence-electron chi connectivity index (χ0n) is 12.4. The molecule has 0 aromatic carbocycles. The van der Waals surface area contributed by atoms with Gasteiger partial charge in [0.1, 0.15) is 0 Å². The summed E-state index contributed by atoms with van der Waals surface area (Å²) in [4.78, 5) is 0. The Labute approximate surface area is 104 Å². The number of unbranched alkanes of at least 4 members (excludes halogenated alkanes) is 2. The fourth-order valence-electron chi connectivity index (χ4n) is 3.03. The zero-order chi connectivity index (χ0) is 12.4. The number of rotatable bonds is 10. The smallest absolute Gasteiger partial charge is 0.0323 e. The van der Waals surface area contributed by atoms with E-state index >= 15 is 0 Å². The topological polar surface area (TPSA) is 0 Å². The molecule has 0 aromatic heterocycles. The summed E-state index contributed by atoms with van der Waals surface area (Å²) in [6, 6.07) is 0. The van der Waals surface area contributed by atoms with Crippen molar-refractivity contribution in [2.24, 2.45) is 11.3 Å². The lowest BCUT2D eigenvalue weighted by atomic mass is 9.73. The Bertz CT molecular complexity index is 150. The van der Waals surface area contributed by atoms with Crippen LogP contribution in [0, 0.1) is 11.3 Å². The van der Waals surface area contributed by atoms with Crippen LogP contribution < -0.4 is 0 Å². The standard InChI is InChI=1S/C16H34/c1-6-9-11-15(4)14-16(5,12-8-3)13-10-7-2/h15H,6-14H2,1-5H3/t15-,16?/m0/s1. The molecule has 98 valence electrons. The van der Waals surface area contributed by atoms with E-state index in [0.29, 0.717) is 5.41 Å². The molecule has 0 fully saturated rings. The van der Waals surface area contributed by atoms with E-state index in [2.05, 4.69) is 34.6 Å². The second-order valence-electron chi connectivity index (χ2n) is 6.12. The van der Waals surface area contributed by atoms with Gasteiger partial charge in [-0.1, -0.05) is 73.1 Å². The second kappa shape index (κ2) is 9.07. The number of hydrogen-bond acceptors (Lipinski definition) is 0. The molecule has 0 N–H and O–H groups in total. The summed E-state index contributed by atoms with van der Waals surface area (Å²) in [5.74, 6) is 0.924. The Morgan fingerprint density at radius 1 is 0.875 bits per heavy atom. The number of hydrogen-bond donors (Lipinski definition) is 0. The Balaban J connectivity index is 4.07. The van der Waals surface area contributed by atoms with Crippen molar-refractivity contribution in [1.82, 2.24) is 0 Å². The second-order valence-corrected chi connectivity index (χ2v) is 6.12. The van der Waals surface area contributed by atoms with Gasteiger partial charge in [-0.2, -0.15) is 0 Å². The van der Waals surface area contributed by atoms with Crippen LogP contribution in [-0.4, -0.2) is 0 Å². The summed E-state index contributed by atoms with van der Waals surface area (Å²) in [6.07, 6.45) is 12.6. The molecule has 0 saturated carbocycles. The predicted octanol–water partition coefficient (Wildman–Crippen LogP) is 6.20. The molecule has 1 unspecified atom stereocenters. The van der Waals surface area contributed by atoms with E-state index < -0.39 is 0 Å². The van der Waals surface area contributed by atoms with Crippen LogP contribution in [0.4, 0.5) is 0 Å². The third-order valence-corrected chi connectivity index (χ3v) is 3.88. The molecule has 0 saturated heterocycles. The van der Waals surface area contributed by atoms with Crippen LogP contribution in [-0.2, 0) is 0 Å². The molecule has 0 rings (SSSR count). The summed E-state index contributed by atoms with van der Waals surface area (Å²) in [5.41, 5.74) is 0.623. The SMILES string of the molecule is CCCC[C@H](C)CC(C)(CCC)CCCC. The van der Waals surface area contributed by atoms with Crippen LogP contribution in [0.5, 0.6) is 0 Å². The molecule has 0 aromatic rings. The lowest BCUT2D eigenvalue weighted by molar-refractivity contribution is 0.196. The van der Waals surface area contributed by atoms with Crippen molar-refractivity contribution in [2.75, 3.05) is 0 Å². The molecule has 0 amide bonds. The maximum Gasteiger partial charge on any atom is -0.0323 e. The first-order valence-electron chi connectivity index (χ1n) is 7.58. The highest BCUT2D eigenvalue weighted by Gasteiger charge is 2.24. The molecule has 2 atom stereocenters. The molecule has 0 radical (unpaired) electrons. The van der Waals surface area contributed by atoms with E-state index in [4.69, 9.17) is 0 Å². The van der Waals surface area contributed by atoms with Crippen LogP contribution in [0.1, 0.15) is 92.4 Å². The molecule has 0 spiro atoms. The van der Waals surface area contributed by atoms with Crippen molar-refractivity contribution < 1.29 is 0 Å². The van der Waals surface area contributed by atoms with Gasteiger partial charge >= 0.3 is 0 Å². The molecule has 0 aliphatic rings. The summed E-state index contributed by atoms with van der Waals surface area (Å²) in [7, 11) is 0. The monoisotopic (exact) mass is 226 g/mol. The van der Waals surface area contributed by atoms with Gasteiger partial charge in [0, 0.05) is 0 Å². The minimum atomic E-state index is 0.623. The minimum absolute atomic E-state index is 0.623. The van der Waals surface area contributed by atoms with Crippen molar-refractivity contribution >= 4 is 0 Å². The van der Waals surface area contributed by atoms with Gasteiger partial charge in [-0.25, -0.2) is 0 Å². The lowest BCUT2D eigenvalue weighted by Gasteiger charge is -2.32. The maximum absolute atomic E-state index is 2.52. The summed E-state index contributed by atoms with van der Waals surface area (Å²) in [5, 5.41) is 0. The van der Waals surface area contributed by atoms with Gasteiger partial charge in [-0.15, -0.1) is 0 Å². The predicted molar refractivity (Wildman–Crippen MR) is 75.8 cm³/mol. The van der Waals surface area contributed by atoms with Crippen molar-refractivity contribution in [2.45, 2.75) is 92.4 Å². The molecule has 0 bridgehead atoms. The van der Waals surface area contributed by atoms with Gasteiger partial charge in [-0.05, 0) is 30.6 Å². The Hall–Kier alpha value is 0. The van der Waals surface area contributed by atoms with Gasteiger partial charge < -0.3 is 0 Å². The minimum Gasteiger partial charge on any atom is -0.0654 e. The first-order valence-corrected chi connectivity index (χ1v) is 7.58. The Morgan fingerprint density at radius 3 is 2.00 bits per heavy atom. The average molecular weight is 226 g/mol. The van der Waals surface area contributed by atoms with E-state index in [9.17, 15) is 0 Å². The molecule has 0 heterocycles. The molecule has 0 heteroatoms. The van der Waals surface area contributed by atoms with E-state index in [1.807, 2.05) is 0 Å². The molecule has 0 aliphatic carbocycles. The van der Waals surface area contributed by atoms with E-state index in [1.54, 1.807) is 0 Å². The van der Waals surface area contributed by atoms with Gasteiger partial charge in [0.15, 0.2) is 0 Å². The third kappa shape index (κ3) is 7.30. The average Bonchev–Trinajstić information content (AvgIpc) is 2.24. The highest BCUT2D eigenvalue weighted by atomic mass is 14.3. The van der Waals surface area contributed by atoms with Crippen molar-refractivity contribution in [3.05, 3.63) is 0 Å². The molecular weight excluding hydrogens is 192 g/mol. The maximum atomic E-state index is 2.52. The van der Waals surface area contributed by atoms with E-state index in [0.717, 1.165) is 5.92 Å². The largest absolute Gasteiger partial charge is 0.0654 e. The summed E-state index contributed by atoms with van der Waals surface area (Å²) in [6.45, 7) is 11.9. The van der Waals surface area contributed by atoms with Crippen LogP contribution in [0.25, 0.3) is 0 Å². The lowest BCUT2D eigenvalue weighted by Crippen LogP contribution is -2.19. The fourth-order valence-corrected chi connectivity index (χ4v) is 3.03. The Morgan fingerprint density at radius 2 is 1.50 bits per heavy atom. The first kappa shape index (κ1) is 16.0. The van der Waals surface area contributed by atoms with Crippen LogP contribution in [0.2, 0.25) is 0 Å². The van der Waals surface area contributed by atoms with Crippen molar-refractivity contribution in [3.63, 3.8) is 0 Å². The van der Waals surface area contributed by atoms with Gasteiger partial charge in [-0.3, -0.25) is 0 Å². The van der Waals surface area contributed by atoms with Crippen molar-refractivity contribution in [1.29, 1.82) is 0 Å². The third-order valence-electron chi connectivity index (χ3n) is 3.88. The molecule has 0 aliphatic heterocycles. The summed E-state index contributed by atoms with van der Waals surface area (Å²) < 4.78 is 0. The molecular formula is C16H34. The zero-order valence-corrected chi connectivity index (χ0v) is 12.4. The molecule has 16 heavy (non-hydrogen) atoms. The summed E-state index contributed by atoms with van der Waals surface area (Å²) >= 11 is 0. The van der Waals surface area contributed by atoms with Crippen molar-refractivity contribution in [3.8, 4) is 0 Å². The fraction of sp³-hybridized carbons (Fsp3) is 1.00. The molecule has 0 nitrogen and oxygen atoms in total. The highest BCUT2D eigenvalue weighted by molar-refractivity contribution is 4.76. The normalized spacial score (nSPS) is 17.1. The van der Waals surface area contributed by atoms with Gasteiger partial charge in [0.05, 0.1) is 0 Å². The van der Waals surface area contributed by atoms with Gasteiger partial charge in [0.25, 0.3) is 0 Å². The van der Waals surface area contributed by atoms with Crippen LogP contribution in [0.15, 0.2) is 0 Å². The van der Waals surface area contributed by atoms with Crippen LogP contribution in [0.3, 0.4) is 0 Å². The highest BCUT2D eigenvalue weighted by Crippen LogP contribution is 2.37. The quantitative estimate of drug-likeness (QED) is 0.416. The first-order chi connectivity index (χ1) is 7.58. The van der Waals surface area contributed by atoms with E-state index in [-0.39, 0.29) is 0 Å². The van der Waals surface area contributed by atoms with E-state index in [1.165, 1.54) is 57.8 Å².